The second-order valence-corrected chi connectivity index (χ2v) is 10.2. The summed E-state index contributed by atoms with van der Waals surface area (Å²) in [5.74, 6) is -0.791. The van der Waals surface area contributed by atoms with Crippen molar-refractivity contribution < 1.29 is 27.5 Å². The highest BCUT2D eigenvalue weighted by atomic mass is 32.2. The maximum atomic E-state index is 13.1. The van der Waals surface area contributed by atoms with E-state index < -0.39 is 15.9 Å². The maximum Gasteiger partial charge on any atom is 0.251 e. The normalized spacial score (nSPS) is 14.9. The van der Waals surface area contributed by atoms with Crippen LogP contribution in [0.5, 0.6) is 5.75 Å². The fourth-order valence-corrected chi connectivity index (χ4v) is 6.02. The largest absolute Gasteiger partial charge is 0.495 e. The average molecular weight is 468 g/mol. The Morgan fingerprint density at radius 1 is 1.26 bits per heavy atom. The number of sulfonamides is 1. The van der Waals surface area contributed by atoms with Gasteiger partial charge in [0.05, 0.1) is 32.3 Å². The molecular weight excluding hydrogens is 442 g/mol. The number of carbonyl (C=O) groups is 2. The second kappa shape index (κ2) is 9.35. The molecule has 1 fully saturated rings. The minimum atomic E-state index is -3.80. The van der Waals surface area contributed by atoms with Crippen LogP contribution in [-0.2, 0) is 26.0 Å². The fraction of sp³-hybridized carbons (Fsp3) is 0.400. The van der Waals surface area contributed by atoms with Crippen LogP contribution in [-0.4, -0.2) is 58.0 Å². The molecule has 0 unspecified atom stereocenters. The molecule has 0 bridgehead atoms. The van der Waals surface area contributed by atoms with E-state index in [9.17, 15) is 18.0 Å². The first-order valence-corrected chi connectivity index (χ1v) is 11.8. The van der Waals surface area contributed by atoms with Crippen LogP contribution in [0, 0.1) is 13.8 Å². The van der Waals surface area contributed by atoms with E-state index in [4.69, 9.17) is 15.2 Å². The standard InChI is InChI=1S/C20H25N3O6S2/c1-12-13(2)30-20(18(12)19(21)25)22-17(24)11-14-4-5-15(28-3)16(10-14)31(26,27)23-6-8-29-9-7-23/h4-5,10H,6-9,11H2,1-3H3,(H2,21,25)(H,22,24). The van der Waals surface area contributed by atoms with E-state index in [1.807, 2.05) is 6.92 Å². The Labute approximate surface area is 185 Å². The van der Waals surface area contributed by atoms with Gasteiger partial charge in [0.2, 0.25) is 15.9 Å². The summed E-state index contributed by atoms with van der Waals surface area (Å²) in [4.78, 5) is 25.3. The Balaban J connectivity index is 1.84. The number of thiophene rings is 1. The number of benzene rings is 1. The lowest BCUT2D eigenvalue weighted by molar-refractivity contribution is -0.115. The molecule has 0 aliphatic carbocycles. The number of ether oxygens (including phenoxy) is 2. The van der Waals surface area contributed by atoms with Crippen molar-refractivity contribution in [3.8, 4) is 5.75 Å². The predicted molar refractivity (Wildman–Crippen MR) is 117 cm³/mol. The third kappa shape index (κ3) is 4.90. The molecule has 1 aromatic carbocycles. The third-order valence-electron chi connectivity index (χ3n) is 5.07. The van der Waals surface area contributed by atoms with Crippen LogP contribution < -0.4 is 15.8 Å². The van der Waals surface area contributed by atoms with E-state index in [0.29, 0.717) is 29.3 Å². The van der Waals surface area contributed by atoms with Gasteiger partial charge in [0.25, 0.3) is 5.91 Å². The molecule has 2 amide bonds. The van der Waals surface area contributed by atoms with Crippen molar-refractivity contribution in [3.05, 3.63) is 39.8 Å². The fourth-order valence-electron chi connectivity index (χ4n) is 3.33. The summed E-state index contributed by atoms with van der Waals surface area (Å²) >= 11 is 1.27. The smallest absolute Gasteiger partial charge is 0.251 e. The number of primary amides is 1. The van der Waals surface area contributed by atoms with Gasteiger partial charge in [0.1, 0.15) is 15.6 Å². The summed E-state index contributed by atoms with van der Waals surface area (Å²) in [5.41, 5.74) is 6.97. The van der Waals surface area contributed by atoms with Gasteiger partial charge in [-0.2, -0.15) is 4.31 Å². The van der Waals surface area contributed by atoms with Crippen molar-refractivity contribution in [2.75, 3.05) is 38.7 Å². The average Bonchev–Trinajstić information content (AvgIpc) is 3.01. The minimum absolute atomic E-state index is 0.00263. The van der Waals surface area contributed by atoms with Crippen LogP contribution in [0.2, 0.25) is 0 Å². The van der Waals surface area contributed by atoms with Crippen molar-refractivity contribution in [3.63, 3.8) is 0 Å². The molecule has 0 atom stereocenters. The summed E-state index contributed by atoms with van der Waals surface area (Å²) < 4.78 is 38.0. The van der Waals surface area contributed by atoms with E-state index in [-0.39, 0.29) is 36.1 Å². The first kappa shape index (κ1) is 23.2. The lowest BCUT2D eigenvalue weighted by Crippen LogP contribution is -2.40. The van der Waals surface area contributed by atoms with Gasteiger partial charge in [-0.25, -0.2) is 8.42 Å². The SMILES string of the molecule is COc1ccc(CC(=O)Nc2sc(C)c(C)c2C(N)=O)cc1S(=O)(=O)N1CCOCC1. The van der Waals surface area contributed by atoms with Gasteiger partial charge in [0, 0.05) is 18.0 Å². The Kier molecular flexibility index (Phi) is 6.99. The summed E-state index contributed by atoms with van der Waals surface area (Å²) in [7, 11) is -2.41. The zero-order chi connectivity index (χ0) is 22.8. The van der Waals surface area contributed by atoms with Gasteiger partial charge in [-0.1, -0.05) is 6.07 Å². The van der Waals surface area contributed by atoms with Crippen LogP contribution in [0.1, 0.15) is 26.4 Å². The predicted octanol–water partition coefficient (Wildman–Crippen LogP) is 1.67. The number of carbonyl (C=O) groups excluding carboxylic acids is 2. The van der Waals surface area contributed by atoms with Crippen molar-refractivity contribution in [2.24, 2.45) is 5.73 Å². The van der Waals surface area contributed by atoms with Crippen LogP contribution in [0.15, 0.2) is 23.1 Å². The number of hydrogen-bond donors (Lipinski definition) is 2. The van der Waals surface area contributed by atoms with Crippen molar-refractivity contribution in [1.29, 1.82) is 0 Å². The minimum Gasteiger partial charge on any atom is -0.495 e. The highest BCUT2D eigenvalue weighted by Crippen LogP contribution is 2.32. The molecule has 3 N–H and O–H groups in total. The molecular formula is C20H25N3O6S2. The van der Waals surface area contributed by atoms with Crippen LogP contribution in [0.3, 0.4) is 0 Å². The number of amides is 2. The van der Waals surface area contributed by atoms with Gasteiger partial charge in [-0.15, -0.1) is 11.3 Å². The van der Waals surface area contributed by atoms with Crippen molar-refractivity contribution in [2.45, 2.75) is 25.2 Å². The second-order valence-electron chi connectivity index (χ2n) is 7.08. The molecule has 2 heterocycles. The summed E-state index contributed by atoms with van der Waals surface area (Å²) in [6.45, 7) is 4.77. The van der Waals surface area contributed by atoms with Crippen molar-refractivity contribution in [1.82, 2.24) is 4.31 Å². The molecule has 3 rings (SSSR count). The lowest BCUT2D eigenvalue weighted by Gasteiger charge is -2.26. The van der Waals surface area contributed by atoms with E-state index in [2.05, 4.69) is 5.32 Å². The van der Waals surface area contributed by atoms with Gasteiger partial charge >= 0.3 is 0 Å². The Bertz CT molecular complexity index is 1100. The summed E-state index contributed by atoms with van der Waals surface area (Å²) in [6.07, 6.45) is -0.0795. The highest BCUT2D eigenvalue weighted by molar-refractivity contribution is 7.89. The number of nitrogens with zero attached hydrogens (tertiary/aromatic N) is 1. The number of nitrogens with two attached hydrogens (primary N) is 1. The summed E-state index contributed by atoms with van der Waals surface area (Å²) in [6, 6.07) is 4.62. The number of aryl methyl sites for hydroxylation is 1. The molecule has 0 spiro atoms. The molecule has 0 radical (unpaired) electrons. The summed E-state index contributed by atoms with van der Waals surface area (Å²) in [5, 5.41) is 3.11. The molecule has 1 aliphatic rings. The monoisotopic (exact) mass is 467 g/mol. The number of nitrogens with one attached hydrogen (secondary N) is 1. The molecule has 1 aromatic heterocycles. The zero-order valence-corrected chi connectivity index (χ0v) is 19.2. The number of anilines is 1. The van der Waals surface area contributed by atoms with Crippen LogP contribution in [0.25, 0.3) is 0 Å². The molecule has 0 saturated carbocycles. The number of methoxy groups -OCH3 is 1. The van der Waals surface area contributed by atoms with E-state index in [1.165, 1.54) is 34.9 Å². The van der Waals surface area contributed by atoms with Gasteiger partial charge in [-0.05, 0) is 37.1 Å². The van der Waals surface area contributed by atoms with Crippen LogP contribution >= 0.6 is 11.3 Å². The Morgan fingerprint density at radius 3 is 2.55 bits per heavy atom. The van der Waals surface area contributed by atoms with Crippen LogP contribution in [0.4, 0.5) is 5.00 Å². The molecule has 31 heavy (non-hydrogen) atoms. The molecule has 1 saturated heterocycles. The number of morpholine rings is 1. The van der Waals surface area contributed by atoms with E-state index in [1.54, 1.807) is 13.0 Å². The Hall–Kier alpha value is -2.47. The molecule has 1 aliphatic heterocycles. The van der Waals surface area contributed by atoms with E-state index >= 15 is 0 Å². The topological polar surface area (TPSA) is 128 Å². The molecule has 2 aromatic rings. The number of rotatable bonds is 7. The molecule has 168 valence electrons. The first-order valence-electron chi connectivity index (χ1n) is 9.59. The Morgan fingerprint density at radius 2 is 1.94 bits per heavy atom. The molecule has 9 nitrogen and oxygen atoms in total. The van der Waals surface area contributed by atoms with Gasteiger partial charge < -0.3 is 20.5 Å². The van der Waals surface area contributed by atoms with Gasteiger partial charge in [0.15, 0.2) is 0 Å². The highest BCUT2D eigenvalue weighted by Gasteiger charge is 2.29. The van der Waals surface area contributed by atoms with Crippen molar-refractivity contribution >= 4 is 38.2 Å². The molecule has 11 heteroatoms. The van der Waals surface area contributed by atoms with Gasteiger partial charge in [-0.3, -0.25) is 9.59 Å². The zero-order valence-electron chi connectivity index (χ0n) is 17.6. The first-order chi connectivity index (χ1) is 14.6. The lowest BCUT2D eigenvalue weighted by atomic mass is 10.1. The van der Waals surface area contributed by atoms with E-state index in [0.717, 1.165) is 10.4 Å². The third-order valence-corrected chi connectivity index (χ3v) is 8.11. The number of hydrogen-bond acceptors (Lipinski definition) is 7. The maximum absolute atomic E-state index is 13.1. The quantitative estimate of drug-likeness (QED) is 0.638.